The number of amidine groups is 1. The zero-order chi connectivity index (χ0) is 23.0. The maximum Gasteiger partial charge on any atom is 0.245 e. The van der Waals surface area contributed by atoms with E-state index >= 15 is 0 Å². The fourth-order valence-electron chi connectivity index (χ4n) is 4.15. The Morgan fingerprint density at radius 2 is 2.16 bits per heavy atom. The SMILES string of the molecule is C=CC(=O)N1CC(Cn2nc(C=O)c(/C(N)=N\NC)c2-c2oc3ccc(C)cc3c2C)C1. The van der Waals surface area contributed by atoms with Crippen molar-refractivity contribution in [2.45, 2.75) is 20.4 Å². The first-order valence-corrected chi connectivity index (χ1v) is 10.4. The number of carbonyl (C=O) groups excluding carboxylic acids is 2. The number of aryl methyl sites for hydroxylation is 2. The molecule has 3 heterocycles. The average molecular weight is 435 g/mol. The van der Waals surface area contributed by atoms with Gasteiger partial charge < -0.3 is 20.5 Å². The molecule has 3 aromatic rings. The van der Waals surface area contributed by atoms with Crippen molar-refractivity contribution in [1.82, 2.24) is 20.1 Å². The Balaban J connectivity index is 1.84. The van der Waals surface area contributed by atoms with Gasteiger partial charge in [0.15, 0.2) is 17.9 Å². The number of nitrogens with one attached hydrogen (secondary N) is 1. The number of rotatable bonds is 7. The normalized spacial score (nSPS) is 14.5. The first kappa shape index (κ1) is 21.4. The van der Waals surface area contributed by atoms with Gasteiger partial charge in [-0.2, -0.15) is 10.2 Å². The summed E-state index contributed by atoms with van der Waals surface area (Å²) in [4.78, 5) is 25.4. The number of benzene rings is 1. The highest BCUT2D eigenvalue weighted by Gasteiger charge is 2.33. The van der Waals surface area contributed by atoms with E-state index < -0.39 is 0 Å². The van der Waals surface area contributed by atoms with E-state index in [4.69, 9.17) is 10.2 Å². The molecule has 4 rings (SSSR count). The van der Waals surface area contributed by atoms with Gasteiger partial charge in [0.05, 0.1) is 5.56 Å². The number of amides is 1. The summed E-state index contributed by atoms with van der Waals surface area (Å²) >= 11 is 0. The highest BCUT2D eigenvalue weighted by Crippen LogP contribution is 2.37. The van der Waals surface area contributed by atoms with Gasteiger partial charge in [0.2, 0.25) is 5.91 Å². The lowest BCUT2D eigenvalue weighted by Gasteiger charge is -2.38. The summed E-state index contributed by atoms with van der Waals surface area (Å²) in [5.74, 6) is 0.821. The van der Waals surface area contributed by atoms with E-state index in [2.05, 4.69) is 28.3 Å². The molecule has 0 saturated carbocycles. The van der Waals surface area contributed by atoms with Crippen LogP contribution in [0, 0.1) is 19.8 Å². The Labute approximate surface area is 185 Å². The Morgan fingerprint density at radius 3 is 2.81 bits per heavy atom. The molecule has 1 aliphatic heterocycles. The lowest BCUT2D eigenvalue weighted by atomic mass is 9.99. The van der Waals surface area contributed by atoms with Gasteiger partial charge in [0.1, 0.15) is 17.0 Å². The van der Waals surface area contributed by atoms with Gasteiger partial charge in [-0.1, -0.05) is 18.2 Å². The van der Waals surface area contributed by atoms with Crippen LogP contribution >= 0.6 is 0 Å². The van der Waals surface area contributed by atoms with Crippen LogP contribution in [0.3, 0.4) is 0 Å². The molecular weight excluding hydrogens is 408 g/mol. The summed E-state index contributed by atoms with van der Waals surface area (Å²) in [5.41, 5.74) is 12.9. The van der Waals surface area contributed by atoms with Crippen molar-refractivity contribution < 1.29 is 14.0 Å². The lowest BCUT2D eigenvalue weighted by molar-refractivity contribution is -0.132. The number of likely N-dealkylation sites (tertiary alicyclic amines) is 1. The first-order valence-electron chi connectivity index (χ1n) is 10.4. The average Bonchev–Trinajstić information content (AvgIpc) is 3.27. The lowest BCUT2D eigenvalue weighted by Crippen LogP contribution is -2.50. The number of hydrazone groups is 1. The van der Waals surface area contributed by atoms with E-state index in [0.717, 1.165) is 22.1 Å². The van der Waals surface area contributed by atoms with Crippen molar-refractivity contribution >= 4 is 29.0 Å². The molecule has 0 aliphatic carbocycles. The van der Waals surface area contributed by atoms with Crippen LogP contribution in [0.2, 0.25) is 0 Å². The number of carbonyl (C=O) groups is 2. The summed E-state index contributed by atoms with van der Waals surface area (Å²) < 4.78 is 7.98. The van der Waals surface area contributed by atoms with Crippen molar-refractivity contribution in [2.75, 3.05) is 20.1 Å². The third-order valence-corrected chi connectivity index (χ3v) is 5.76. The van der Waals surface area contributed by atoms with Crippen molar-refractivity contribution in [3.8, 4) is 11.5 Å². The van der Waals surface area contributed by atoms with Gasteiger partial charge in [-0.25, -0.2) is 0 Å². The molecule has 1 aromatic carbocycles. The van der Waals surface area contributed by atoms with Crippen LogP contribution in [0.25, 0.3) is 22.4 Å². The summed E-state index contributed by atoms with van der Waals surface area (Å²) in [6.07, 6.45) is 1.98. The smallest absolute Gasteiger partial charge is 0.245 e. The largest absolute Gasteiger partial charge is 0.454 e. The number of aromatic nitrogens is 2. The van der Waals surface area contributed by atoms with Gasteiger partial charge in [-0.15, -0.1) is 0 Å². The molecule has 0 radical (unpaired) electrons. The predicted molar refractivity (Wildman–Crippen MR) is 122 cm³/mol. The standard InChI is InChI=1S/C23H26N6O3/c1-5-19(31)28-9-15(10-28)11-29-21(20(17(12-30)27-29)23(24)26-25-4)22-14(3)16-8-13(2)6-7-18(16)32-22/h5-8,12,15,25H,1,9-11H2,2-4H3,(H2,24,26). The predicted octanol–water partition coefficient (Wildman–Crippen LogP) is 2.21. The third-order valence-electron chi connectivity index (χ3n) is 5.76. The topological polar surface area (TPSA) is 119 Å². The van der Waals surface area contributed by atoms with Crippen molar-refractivity contribution in [2.24, 2.45) is 16.8 Å². The minimum atomic E-state index is -0.0925. The Bertz CT molecular complexity index is 1250. The third kappa shape index (κ3) is 3.55. The van der Waals surface area contributed by atoms with Gasteiger partial charge in [0.25, 0.3) is 0 Å². The van der Waals surface area contributed by atoms with E-state index in [-0.39, 0.29) is 23.4 Å². The molecule has 166 valence electrons. The zero-order valence-electron chi connectivity index (χ0n) is 18.4. The van der Waals surface area contributed by atoms with E-state index in [1.54, 1.807) is 16.6 Å². The minimum Gasteiger partial charge on any atom is -0.454 e. The van der Waals surface area contributed by atoms with Crippen molar-refractivity contribution in [1.29, 1.82) is 0 Å². The Morgan fingerprint density at radius 1 is 1.41 bits per heavy atom. The number of aldehydes is 1. The number of nitrogens with zero attached hydrogens (tertiary/aromatic N) is 4. The van der Waals surface area contributed by atoms with Crippen LogP contribution in [-0.4, -0.2) is 52.8 Å². The zero-order valence-corrected chi connectivity index (χ0v) is 18.4. The molecule has 3 N–H and O–H groups in total. The molecule has 9 nitrogen and oxygen atoms in total. The second-order valence-electron chi connectivity index (χ2n) is 8.00. The van der Waals surface area contributed by atoms with E-state index in [0.29, 0.717) is 42.9 Å². The fraction of sp³-hybridized carbons (Fsp3) is 0.304. The monoisotopic (exact) mass is 434 g/mol. The Kier molecular flexibility index (Phi) is 5.56. The van der Waals surface area contributed by atoms with Crippen LogP contribution in [0.4, 0.5) is 0 Å². The second kappa shape index (κ2) is 8.33. The number of hydrogen-bond donors (Lipinski definition) is 2. The Hall–Kier alpha value is -3.88. The molecule has 0 atom stereocenters. The molecule has 0 bridgehead atoms. The molecule has 0 unspecified atom stereocenters. The highest BCUT2D eigenvalue weighted by molar-refractivity contribution is 6.08. The maximum atomic E-state index is 11.9. The number of furan rings is 1. The van der Waals surface area contributed by atoms with Gasteiger partial charge in [-0.05, 0) is 32.1 Å². The highest BCUT2D eigenvalue weighted by atomic mass is 16.3. The van der Waals surface area contributed by atoms with Crippen molar-refractivity contribution in [3.63, 3.8) is 0 Å². The van der Waals surface area contributed by atoms with Crippen LogP contribution in [0.5, 0.6) is 0 Å². The van der Waals surface area contributed by atoms with Gasteiger partial charge in [0, 0.05) is 43.5 Å². The first-order chi connectivity index (χ1) is 15.4. The van der Waals surface area contributed by atoms with Crippen LogP contribution in [0.1, 0.15) is 27.2 Å². The molecule has 1 saturated heterocycles. The molecule has 1 amide bonds. The van der Waals surface area contributed by atoms with Crippen LogP contribution in [0.15, 0.2) is 40.4 Å². The van der Waals surface area contributed by atoms with Crippen LogP contribution < -0.4 is 11.2 Å². The maximum absolute atomic E-state index is 11.9. The summed E-state index contributed by atoms with van der Waals surface area (Å²) in [5, 5.41) is 9.60. The summed E-state index contributed by atoms with van der Waals surface area (Å²) in [6, 6.07) is 5.98. The fourth-order valence-corrected chi connectivity index (χ4v) is 4.15. The quantitative estimate of drug-likeness (QED) is 0.193. The molecular formula is C23H26N6O3. The summed E-state index contributed by atoms with van der Waals surface area (Å²) in [7, 11) is 1.63. The molecule has 0 spiro atoms. The number of nitrogens with two attached hydrogens (primary N) is 1. The molecule has 1 aliphatic rings. The van der Waals surface area contributed by atoms with Gasteiger partial charge >= 0.3 is 0 Å². The molecule has 2 aromatic heterocycles. The van der Waals surface area contributed by atoms with Crippen LogP contribution in [-0.2, 0) is 11.3 Å². The van der Waals surface area contributed by atoms with E-state index in [9.17, 15) is 9.59 Å². The van der Waals surface area contributed by atoms with E-state index in [1.807, 2.05) is 26.0 Å². The molecule has 32 heavy (non-hydrogen) atoms. The molecule has 9 heteroatoms. The molecule has 1 fully saturated rings. The number of fused-ring (bicyclic) bond motifs is 1. The number of hydrogen-bond acceptors (Lipinski definition) is 6. The van der Waals surface area contributed by atoms with Crippen molar-refractivity contribution in [3.05, 3.63) is 53.2 Å². The summed E-state index contributed by atoms with van der Waals surface area (Å²) in [6.45, 7) is 9.21. The second-order valence-corrected chi connectivity index (χ2v) is 8.00. The van der Waals surface area contributed by atoms with E-state index in [1.165, 1.54) is 6.08 Å². The van der Waals surface area contributed by atoms with Gasteiger partial charge in [-0.3, -0.25) is 14.3 Å². The minimum absolute atomic E-state index is 0.0925.